The van der Waals surface area contributed by atoms with Crippen molar-refractivity contribution in [1.82, 2.24) is 20.1 Å². The Labute approximate surface area is 217 Å². The first-order chi connectivity index (χ1) is 16.7. The molecule has 0 bridgehead atoms. The van der Waals surface area contributed by atoms with Crippen LogP contribution in [0.5, 0.6) is 0 Å². The number of likely N-dealkylation sites (tertiary alicyclic amines) is 2. The van der Waals surface area contributed by atoms with E-state index in [-0.39, 0.29) is 29.1 Å². The molecule has 0 aromatic carbocycles. The predicted molar refractivity (Wildman–Crippen MR) is 142 cm³/mol. The monoisotopic (exact) mass is 539 g/mol. The normalized spacial score (nSPS) is 29.5. The lowest BCUT2D eigenvalue weighted by molar-refractivity contribution is -0.128. The zero-order valence-electron chi connectivity index (χ0n) is 20.9. The van der Waals surface area contributed by atoms with Crippen LogP contribution in [0.4, 0.5) is 0 Å². The van der Waals surface area contributed by atoms with Gasteiger partial charge in [-0.25, -0.2) is 0 Å². The van der Waals surface area contributed by atoms with Crippen molar-refractivity contribution in [3.63, 3.8) is 0 Å². The molecule has 2 saturated heterocycles. The molecule has 4 aliphatic rings. The lowest BCUT2D eigenvalue weighted by Crippen LogP contribution is -2.47. The number of rotatable bonds is 5. The first kappa shape index (κ1) is 24.4. The predicted octanol–water partition coefficient (Wildman–Crippen LogP) is 2.46. The van der Waals surface area contributed by atoms with E-state index >= 15 is 0 Å². The fourth-order valence-electron chi connectivity index (χ4n) is 6.55. The van der Waals surface area contributed by atoms with Crippen molar-refractivity contribution in [1.29, 1.82) is 0 Å². The first-order valence-corrected chi connectivity index (χ1v) is 13.6. The van der Waals surface area contributed by atoms with Gasteiger partial charge in [0.2, 0.25) is 0 Å². The van der Waals surface area contributed by atoms with E-state index in [2.05, 4.69) is 47.9 Å². The van der Waals surface area contributed by atoms with E-state index in [1.54, 1.807) is 12.4 Å². The van der Waals surface area contributed by atoms with Gasteiger partial charge >= 0.3 is 0 Å². The number of nitrogens with one attached hydrogen (secondary N) is 1. The molecule has 4 atom stereocenters. The summed E-state index contributed by atoms with van der Waals surface area (Å²) in [6.45, 7) is 7.54. The number of amides is 2. The summed E-state index contributed by atoms with van der Waals surface area (Å²) < 4.78 is 0.794. The number of pyridine rings is 1. The van der Waals surface area contributed by atoms with E-state index in [1.807, 2.05) is 21.9 Å². The Kier molecular flexibility index (Phi) is 6.49. The standard InChI is InChI=1S/C26H35BBrN5O2/c1-26(2)19-14-33(24(34)15-8-17(28)12-30-11-15)21(22(19)26)13-31-23-18(9-16(27)10-20(23)29)25(35)32-6-4-3-5-7-32/h8,10-12,16,19,21-22,31H,3-7,9,13-14,27,29H2,1-2H3/t16?,19?,21-,22?/m1/s1. The van der Waals surface area contributed by atoms with Gasteiger partial charge in [-0.1, -0.05) is 19.9 Å². The third-order valence-electron chi connectivity index (χ3n) is 8.53. The summed E-state index contributed by atoms with van der Waals surface area (Å²) in [5, 5.41) is 3.57. The van der Waals surface area contributed by atoms with Gasteiger partial charge in [-0.05, 0) is 70.7 Å². The van der Waals surface area contributed by atoms with Gasteiger partial charge in [0, 0.05) is 48.6 Å². The van der Waals surface area contributed by atoms with Gasteiger partial charge in [-0.2, -0.15) is 0 Å². The van der Waals surface area contributed by atoms with E-state index in [0.717, 1.165) is 48.2 Å². The summed E-state index contributed by atoms with van der Waals surface area (Å²) in [5.41, 5.74) is 9.48. The van der Waals surface area contributed by atoms with Gasteiger partial charge in [0.05, 0.1) is 23.0 Å². The molecule has 2 amide bonds. The van der Waals surface area contributed by atoms with Crippen LogP contribution in [-0.2, 0) is 4.79 Å². The fourth-order valence-corrected chi connectivity index (χ4v) is 6.92. The molecule has 1 saturated carbocycles. The maximum absolute atomic E-state index is 13.5. The second-order valence-electron chi connectivity index (χ2n) is 11.3. The molecule has 5 rings (SSSR count). The highest BCUT2D eigenvalue weighted by molar-refractivity contribution is 9.10. The minimum Gasteiger partial charge on any atom is -0.397 e. The number of aromatic nitrogens is 1. The number of hydrogen-bond acceptors (Lipinski definition) is 5. The van der Waals surface area contributed by atoms with Crippen LogP contribution in [0.1, 0.15) is 49.9 Å². The zero-order valence-corrected chi connectivity index (χ0v) is 22.5. The molecule has 0 radical (unpaired) electrons. The number of piperidine rings is 2. The minimum absolute atomic E-state index is 0.00739. The average molecular weight is 540 g/mol. The van der Waals surface area contributed by atoms with Gasteiger partial charge in [-0.3, -0.25) is 14.6 Å². The van der Waals surface area contributed by atoms with Crippen LogP contribution >= 0.6 is 15.9 Å². The highest BCUT2D eigenvalue weighted by atomic mass is 79.9. The fraction of sp³-hybridized carbons (Fsp3) is 0.577. The maximum atomic E-state index is 13.5. The molecule has 3 fully saturated rings. The largest absolute Gasteiger partial charge is 0.397 e. The summed E-state index contributed by atoms with van der Waals surface area (Å²) in [5.74, 6) is 1.26. The Morgan fingerprint density at radius 3 is 2.69 bits per heavy atom. The number of carbonyl (C=O) groups excluding carboxylic acids is 2. The second kappa shape index (κ2) is 9.30. The Morgan fingerprint density at radius 2 is 1.97 bits per heavy atom. The quantitative estimate of drug-likeness (QED) is 0.561. The maximum Gasteiger partial charge on any atom is 0.255 e. The lowest BCUT2D eigenvalue weighted by Gasteiger charge is -2.34. The van der Waals surface area contributed by atoms with Crippen molar-refractivity contribution in [3.8, 4) is 0 Å². The summed E-state index contributed by atoms with van der Waals surface area (Å²) in [6.07, 6.45) is 9.36. The molecule has 2 aliphatic carbocycles. The molecule has 7 nitrogen and oxygen atoms in total. The minimum atomic E-state index is 0.00739. The van der Waals surface area contributed by atoms with Gasteiger partial charge in [0.25, 0.3) is 11.8 Å². The van der Waals surface area contributed by atoms with Crippen LogP contribution in [0.15, 0.2) is 46.0 Å². The summed E-state index contributed by atoms with van der Waals surface area (Å²) in [4.78, 5) is 35.1. The van der Waals surface area contributed by atoms with Crippen molar-refractivity contribution in [2.75, 3.05) is 26.2 Å². The molecule has 3 unspecified atom stereocenters. The number of carbonyl (C=O) groups is 2. The number of allylic oxidation sites excluding steroid dienone is 1. The van der Waals surface area contributed by atoms with Crippen LogP contribution in [0.2, 0.25) is 5.82 Å². The number of nitrogens with two attached hydrogens (primary N) is 1. The molecular weight excluding hydrogens is 505 g/mol. The van der Waals surface area contributed by atoms with Crippen molar-refractivity contribution >= 4 is 35.6 Å². The molecule has 1 aromatic rings. The van der Waals surface area contributed by atoms with Gasteiger partial charge < -0.3 is 20.9 Å². The topological polar surface area (TPSA) is 91.6 Å². The smallest absolute Gasteiger partial charge is 0.255 e. The van der Waals surface area contributed by atoms with Crippen LogP contribution < -0.4 is 11.1 Å². The number of nitrogens with zero attached hydrogens (tertiary/aromatic N) is 3. The Morgan fingerprint density at radius 1 is 1.23 bits per heavy atom. The number of hydrogen-bond donors (Lipinski definition) is 2. The third kappa shape index (κ3) is 4.52. The zero-order chi connectivity index (χ0) is 24.9. The van der Waals surface area contributed by atoms with E-state index in [9.17, 15) is 9.59 Å². The van der Waals surface area contributed by atoms with E-state index in [4.69, 9.17) is 5.73 Å². The average Bonchev–Trinajstić information content (AvgIpc) is 3.16. The van der Waals surface area contributed by atoms with Gasteiger partial charge in [-0.15, -0.1) is 0 Å². The van der Waals surface area contributed by atoms with E-state index in [0.29, 0.717) is 36.1 Å². The highest BCUT2D eigenvalue weighted by Crippen LogP contribution is 2.64. The van der Waals surface area contributed by atoms with E-state index in [1.165, 1.54) is 6.42 Å². The summed E-state index contributed by atoms with van der Waals surface area (Å²) in [6, 6.07) is 1.86. The third-order valence-corrected chi connectivity index (χ3v) is 8.96. The molecule has 3 heterocycles. The summed E-state index contributed by atoms with van der Waals surface area (Å²) in [7, 11) is 2.10. The molecule has 2 aliphatic heterocycles. The van der Waals surface area contributed by atoms with Gasteiger partial charge in [0.15, 0.2) is 0 Å². The SMILES string of the molecule is BC1C=C(N)C(NC[C@@H]2C3C(CN2C(=O)c2cncc(Br)c2)C3(C)C)=C(C(=O)N2CCCCC2)C1. The van der Waals surface area contributed by atoms with Crippen molar-refractivity contribution in [3.05, 3.63) is 51.5 Å². The molecule has 186 valence electrons. The molecule has 35 heavy (non-hydrogen) atoms. The van der Waals surface area contributed by atoms with E-state index < -0.39 is 0 Å². The van der Waals surface area contributed by atoms with Crippen molar-refractivity contribution < 1.29 is 9.59 Å². The molecule has 1 aromatic heterocycles. The first-order valence-electron chi connectivity index (χ1n) is 12.8. The van der Waals surface area contributed by atoms with Crippen LogP contribution in [0.25, 0.3) is 0 Å². The van der Waals surface area contributed by atoms with Crippen molar-refractivity contribution in [2.24, 2.45) is 23.0 Å². The Balaban J connectivity index is 1.39. The Bertz CT molecular complexity index is 1100. The molecular formula is C26H35BBrN5O2. The molecule has 3 N–H and O–H groups in total. The van der Waals surface area contributed by atoms with Crippen LogP contribution in [0.3, 0.4) is 0 Å². The van der Waals surface area contributed by atoms with Gasteiger partial charge in [0.1, 0.15) is 7.85 Å². The van der Waals surface area contributed by atoms with Crippen LogP contribution in [0, 0.1) is 17.3 Å². The Hall–Kier alpha value is -2.29. The van der Waals surface area contributed by atoms with Crippen LogP contribution in [-0.4, -0.2) is 66.7 Å². The summed E-state index contributed by atoms with van der Waals surface area (Å²) >= 11 is 3.43. The molecule has 0 spiro atoms. The highest BCUT2D eigenvalue weighted by Gasteiger charge is 2.67. The molecule has 9 heteroatoms. The van der Waals surface area contributed by atoms with Crippen molar-refractivity contribution in [2.45, 2.75) is 51.4 Å². The number of halogens is 1. The second-order valence-corrected chi connectivity index (χ2v) is 12.2. The lowest BCUT2D eigenvalue weighted by atomic mass is 9.77. The number of fused-ring (bicyclic) bond motifs is 1.